The van der Waals surface area contributed by atoms with E-state index in [9.17, 15) is 9.59 Å². The van der Waals surface area contributed by atoms with Crippen LogP contribution in [0, 0.1) is 5.92 Å². The van der Waals surface area contributed by atoms with E-state index < -0.39 is 0 Å². The minimum Gasteiger partial charge on any atom is -0.472 e. The zero-order valence-electron chi connectivity index (χ0n) is 15.4. The number of anilines is 2. The van der Waals surface area contributed by atoms with Crippen molar-refractivity contribution in [1.82, 2.24) is 0 Å². The van der Waals surface area contributed by atoms with E-state index in [0.29, 0.717) is 28.4 Å². The van der Waals surface area contributed by atoms with Gasteiger partial charge in [-0.05, 0) is 54.3 Å². The monoisotopic (exact) mass is 362 g/mol. The van der Waals surface area contributed by atoms with Crippen LogP contribution in [0.3, 0.4) is 0 Å². The minimum absolute atomic E-state index is 0.190. The highest BCUT2D eigenvalue weighted by atomic mass is 16.3. The summed E-state index contributed by atoms with van der Waals surface area (Å²) in [6, 6.07) is 16.2. The van der Waals surface area contributed by atoms with Crippen molar-refractivity contribution in [3.63, 3.8) is 0 Å². The van der Waals surface area contributed by atoms with Crippen molar-refractivity contribution >= 4 is 23.2 Å². The maximum atomic E-state index is 12.5. The van der Waals surface area contributed by atoms with E-state index in [2.05, 4.69) is 24.5 Å². The number of furan rings is 1. The summed E-state index contributed by atoms with van der Waals surface area (Å²) < 4.78 is 4.91. The Hall–Kier alpha value is -3.34. The number of carbonyl (C=O) groups excluding carboxylic acids is 2. The average molecular weight is 362 g/mol. The van der Waals surface area contributed by atoms with Crippen LogP contribution in [0.1, 0.15) is 40.1 Å². The zero-order valence-corrected chi connectivity index (χ0v) is 15.4. The van der Waals surface area contributed by atoms with Gasteiger partial charge < -0.3 is 15.1 Å². The second-order valence-electron chi connectivity index (χ2n) is 6.80. The van der Waals surface area contributed by atoms with Crippen LogP contribution >= 0.6 is 0 Å². The summed E-state index contributed by atoms with van der Waals surface area (Å²) in [5.41, 5.74) is 3.44. The van der Waals surface area contributed by atoms with Crippen molar-refractivity contribution in [2.75, 3.05) is 10.6 Å². The van der Waals surface area contributed by atoms with Gasteiger partial charge in [-0.2, -0.15) is 0 Å². The van der Waals surface area contributed by atoms with Gasteiger partial charge in [0.15, 0.2) is 0 Å². The third kappa shape index (κ3) is 5.07. The Morgan fingerprint density at radius 3 is 2.07 bits per heavy atom. The molecule has 0 saturated carbocycles. The fourth-order valence-electron chi connectivity index (χ4n) is 2.74. The molecule has 0 radical (unpaired) electrons. The van der Waals surface area contributed by atoms with E-state index in [0.717, 1.165) is 6.42 Å². The van der Waals surface area contributed by atoms with E-state index in [4.69, 9.17) is 4.42 Å². The Labute approximate surface area is 158 Å². The molecule has 0 aliphatic rings. The Balaban J connectivity index is 1.65. The Morgan fingerprint density at radius 1 is 0.889 bits per heavy atom. The third-order valence-corrected chi connectivity index (χ3v) is 4.02. The fraction of sp³-hybridized carbons (Fsp3) is 0.182. The second kappa shape index (κ2) is 8.36. The highest BCUT2D eigenvalue weighted by Gasteiger charge is 2.10. The zero-order chi connectivity index (χ0) is 19.2. The van der Waals surface area contributed by atoms with Gasteiger partial charge >= 0.3 is 0 Å². The molecule has 0 aliphatic carbocycles. The van der Waals surface area contributed by atoms with Crippen molar-refractivity contribution in [3.8, 4) is 0 Å². The normalized spacial score (nSPS) is 10.6. The Morgan fingerprint density at radius 2 is 1.52 bits per heavy atom. The van der Waals surface area contributed by atoms with Crippen molar-refractivity contribution in [2.24, 2.45) is 5.92 Å². The molecular weight excluding hydrogens is 340 g/mol. The summed E-state index contributed by atoms with van der Waals surface area (Å²) in [6.45, 7) is 4.33. The van der Waals surface area contributed by atoms with Crippen molar-refractivity contribution in [3.05, 3.63) is 83.8 Å². The molecular formula is C22H22N2O3. The summed E-state index contributed by atoms with van der Waals surface area (Å²) in [6.07, 6.45) is 3.81. The van der Waals surface area contributed by atoms with Crippen molar-refractivity contribution < 1.29 is 14.0 Å². The SMILES string of the molecule is CC(C)Cc1ccc(C(=O)Nc2cccc(NC(=O)c3ccoc3)c2)cc1. The third-order valence-electron chi connectivity index (χ3n) is 4.02. The van der Waals surface area contributed by atoms with E-state index in [-0.39, 0.29) is 11.8 Å². The smallest absolute Gasteiger partial charge is 0.258 e. The van der Waals surface area contributed by atoms with Crippen LogP contribution in [-0.2, 0) is 6.42 Å². The molecule has 2 N–H and O–H groups in total. The van der Waals surface area contributed by atoms with E-state index >= 15 is 0 Å². The molecule has 5 nitrogen and oxygen atoms in total. The van der Waals surface area contributed by atoms with Crippen molar-refractivity contribution in [2.45, 2.75) is 20.3 Å². The maximum Gasteiger partial charge on any atom is 0.258 e. The van der Waals surface area contributed by atoms with Crippen LogP contribution in [0.15, 0.2) is 71.5 Å². The lowest BCUT2D eigenvalue weighted by molar-refractivity contribution is 0.101. The quantitative estimate of drug-likeness (QED) is 0.649. The molecule has 0 spiro atoms. The molecule has 3 rings (SSSR count). The first-order chi connectivity index (χ1) is 13.0. The lowest BCUT2D eigenvalue weighted by Gasteiger charge is -2.09. The minimum atomic E-state index is -0.270. The average Bonchev–Trinajstić information content (AvgIpc) is 3.17. The predicted octanol–water partition coefficient (Wildman–Crippen LogP) is 4.98. The molecule has 0 saturated heterocycles. The molecule has 0 atom stereocenters. The van der Waals surface area contributed by atoms with Gasteiger partial charge in [-0.15, -0.1) is 0 Å². The van der Waals surface area contributed by atoms with Gasteiger partial charge in [0, 0.05) is 16.9 Å². The summed E-state index contributed by atoms with van der Waals surface area (Å²) in [5, 5.41) is 5.63. The molecule has 27 heavy (non-hydrogen) atoms. The van der Waals surface area contributed by atoms with Crippen LogP contribution in [-0.4, -0.2) is 11.8 Å². The molecule has 0 aliphatic heterocycles. The largest absolute Gasteiger partial charge is 0.472 e. The van der Waals surface area contributed by atoms with Crippen LogP contribution < -0.4 is 10.6 Å². The highest BCUT2D eigenvalue weighted by molar-refractivity contribution is 6.06. The Bertz CT molecular complexity index is 913. The molecule has 1 aromatic heterocycles. The van der Waals surface area contributed by atoms with Gasteiger partial charge in [-0.1, -0.05) is 32.0 Å². The first-order valence-electron chi connectivity index (χ1n) is 8.85. The first kappa shape index (κ1) is 18.5. The summed E-state index contributed by atoms with van der Waals surface area (Å²) in [4.78, 5) is 24.5. The number of hydrogen-bond donors (Lipinski definition) is 2. The lowest BCUT2D eigenvalue weighted by Crippen LogP contribution is -2.13. The molecule has 2 amide bonds. The second-order valence-corrected chi connectivity index (χ2v) is 6.80. The molecule has 2 aromatic carbocycles. The number of carbonyl (C=O) groups is 2. The van der Waals surface area contributed by atoms with Gasteiger partial charge in [0.25, 0.3) is 11.8 Å². The van der Waals surface area contributed by atoms with E-state index in [1.165, 1.54) is 18.1 Å². The summed E-state index contributed by atoms with van der Waals surface area (Å²) >= 11 is 0. The number of rotatable bonds is 6. The standard InChI is InChI=1S/C22H22N2O3/c1-15(2)12-16-6-8-17(9-7-16)21(25)23-19-4-3-5-20(13-19)24-22(26)18-10-11-27-14-18/h3-11,13-15H,12H2,1-2H3,(H,23,25)(H,24,26). The first-order valence-corrected chi connectivity index (χ1v) is 8.85. The number of nitrogens with one attached hydrogen (secondary N) is 2. The maximum absolute atomic E-state index is 12.5. The van der Waals surface area contributed by atoms with E-state index in [1.807, 2.05) is 24.3 Å². The topological polar surface area (TPSA) is 71.3 Å². The van der Waals surface area contributed by atoms with Crippen molar-refractivity contribution in [1.29, 1.82) is 0 Å². The molecule has 0 unspecified atom stereocenters. The predicted molar refractivity (Wildman–Crippen MR) is 106 cm³/mol. The number of hydrogen-bond acceptors (Lipinski definition) is 3. The van der Waals surface area contributed by atoms with Gasteiger partial charge in [-0.3, -0.25) is 9.59 Å². The Kier molecular flexibility index (Phi) is 5.71. The highest BCUT2D eigenvalue weighted by Crippen LogP contribution is 2.18. The molecule has 1 heterocycles. The summed E-state index contributed by atoms with van der Waals surface area (Å²) in [7, 11) is 0. The molecule has 138 valence electrons. The number of benzene rings is 2. The van der Waals surface area contributed by atoms with Crippen LogP contribution in [0.25, 0.3) is 0 Å². The van der Waals surface area contributed by atoms with Crippen LogP contribution in [0.5, 0.6) is 0 Å². The van der Waals surface area contributed by atoms with Gasteiger partial charge in [0.05, 0.1) is 11.8 Å². The molecule has 5 heteroatoms. The summed E-state index contributed by atoms with van der Waals surface area (Å²) in [5.74, 6) is 0.113. The van der Waals surface area contributed by atoms with Gasteiger partial charge in [0.2, 0.25) is 0 Å². The number of amides is 2. The van der Waals surface area contributed by atoms with Gasteiger partial charge in [0.1, 0.15) is 6.26 Å². The molecule has 0 bridgehead atoms. The molecule has 0 fully saturated rings. The van der Waals surface area contributed by atoms with E-state index in [1.54, 1.807) is 30.3 Å². The van der Waals surface area contributed by atoms with Crippen LogP contribution in [0.4, 0.5) is 11.4 Å². The fourth-order valence-corrected chi connectivity index (χ4v) is 2.74. The van der Waals surface area contributed by atoms with Gasteiger partial charge in [-0.25, -0.2) is 0 Å². The van der Waals surface area contributed by atoms with Crippen LogP contribution in [0.2, 0.25) is 0 Å². The molecule has 3 aromatic rings. The lowest BCUT2D eigenvalue weighted by atomic mass is 10.0.